The van der Waals surface area contributed by atoms with Gasteiger partial charge in [0, 0.05) is 16.3 Å². The Morgan fingerprint density at radius 1 is 0.800 bits per heavy atom. The molecule has 1 aliphatic carbocycles. The van der Waals surface area contributed by atoms with Crippen LogP contribution in [0.5, 0.6) is 0 Å². The lowest BCUT2D eigenvalue weighted by Crippen LogP contribution is -1.85. The van der Waals surface area contributed by atoms with E-state index in [2.05, 4.69) is 67.6 Å². The Morgan fingerprint density at radius 2 is 1.56 bits per heavy atom. The first-order chi connectivity index (χ1) is 12.3. The molecule has 0 atom stereocenters. The largest absolute Gasteiger partial charge is 0.455 e. The van der Waals surface area contributed by atoms with Crippen molar-refractivity contribution in [1.29, 1.82) is 0 Å². The van der Waals surface area contributed by atoms with Crippen LogP contribution < -0.4 is 0 Å². The van der Waals surface area contributed by atoms with E-state index in [9.17, 15) is 0 Å². The van der Waals surface area contributed by atoms with Gasteiger partial charge in [-0.15, -0.1) is 0 Å². The van der Waals surface area contributed by atoms with Gasteiger partial charge in [0.15, 0.2) is 0 Å². The van der Waals surface area contributed by atoms with E-state index in [1.165, 1.54) is 49.4 Å². The number of furan rings is 1. The normalized spacial score (nSPS) is 12.8. The van der Waals surface area contributed by atoms with E-state index in [4.69, 9.17) is 4.42 Å². The number of hydrogen-bond donors (Lipinski definition) is 0. The molecule has 1 aliphatic rings. The number of rotatable bonds is 0. The Labute approximate surface area is 145 Å². The summed E-state index contributed by atoms with van der Waals surface area (Å²) in [4.78, 5) is 0. The second kappa shape index (κ2) is 4.52. The molecule has 5 aromatic rings. The molecule has 0 aliphatic heterocycles. The lowest BCUT2D eigenvalue weighted by Gasteiger charge is -2.08. The molecule has 25 heavy (non-hydrogen) atoms. The highest BCUT2D eigenvalue weighted by Crippen LogP contribution is 2.48. The lowest BCUT2D eigenvalue weighted by atomic mass is 9.94. The quantitative estimate of drug-likeness (QED) is 0.306. The van der Waals surface area contributed by atoms with Gasteiger partial charge in [0.2, 0.25) is 0 Å². The Bertz CT molecular complexity index is 1320. The maximum absolute atomic E-state index is 6.40. The number of hydrogen-bond acceptors (Lipinski definition) is 1. The van der Waals surface area contributed by atoms with Gasteiger partial charge in [-0.3, -0.25) is 0 Å². The van der Waals surface area contributed by atoms with Gasteiger partial charge in [-0.1, -0.05) is 66.2 Å². The minimum absolute atomic E-state index is 0.970. The smallest absolute Gasteiger partial charge is 0.144 e. The predicted octanol–water partition coefficient (Wildman–Crippen LogP) is 6.62. The van der Waals surface area contributed by atoms with Crippen molar-refractivity contribution < 1.29 is 4.42 Å². The van der Waals surface area contributed by atoms with E-state index >= 15 is 0 Å². The summed E-state index contributed by atoms with van der Waals surface area (Å²) in [7, 11) is 0. The number of aryl methyl sites for hydroxylation is 1. The van der Waals surface area contributed by atoms with Crippen molar-refractivity contribution in [2.24, 2.45) is 0 Å². The lowest BCUT2D eigenvalue weighted by molar-refractivity contribution is 0.670. The average Bonchev–Trinajstić information content (AvgIpc) is 3.20. The molecule has 6 rings (SSSR count). The SMILES string of the molecule is Cc1ccc2c(c1)-c1c(c3ccccc3c3c1oc1ccccc13)C2. The molecule has 118 valence electrons. The van der Waals surface area contributed by atoms with Gasteiger partial charge >= 0.3 is 0 Å². The summed E-state index contributed by atoms with van der Waals surface area (Å²) >= 11 is 0. The Hall–Kier alpha value is -3.06. The van der Waals surface area contributed by atoms with Crippen molar-refractivity contribution in [1.82, 2.24) is 0 Å². The topological polar surface area (TPSA) is 13.1 Å². The van der Waals surface area contributed by atoms with Crippen LogP contribution in [0.25, 0.3) is 43.8 Å². The van der Waals surface area contributed by atoms with Gasteiger partial charge < -0.3 is 4.42 Å². The summed E-state index contributed by atoms with van der Waals surface area (Å²) in [5.41, 5.74) is 8.75. The van der Waals surface area contributed by atoms with E-state index in [1.54, 1.807) is 0 Å². The van der Waals surface area contributed by atoms with Crippen molar-refractivity contribution in [3.05, 3.63) is 83.4 Å². The fourth-order valence-electron chi connectivity index (χ4n) is 4.46. The summed E-state index contributed by atoms with van der Waals surface area (Å²) in [6.45, 7) is 2.16. The summed E-state index contributed by atoms with van der Waals surface area (Å²) in [5.74, 6) is 0. The van der Waals surface area contributed by atoms with Gasteiger partial charge in [0.25, 0.3) is 0 Å². The summed E-state index contributed by atoms with van der Waals surface area (Å²) in [6, 6.07) is 23.9. The molecule has 0 radical (unpaired) electrons. The van der Waals surface area contributed by atoms with E-state index in [0.717, 1.165) is 17.6 Å². The second-order valence-electron chi connectivity index (χ2n) is 7.04. The van der Waals surface area contributed by atoms with E-state index < -0.39 is 0 Å². The van der Waals surface area contributed by atoms with Crippen molar-refractivity contribution in [3.63, 3.8) is 0 Å². The standard InChI is InChI=1S/C24H16O/c1-14-10-11-15-13-20-16-6-2-3-7-17(16)22-18-8-4-5-9-21(18)25-24(22)23(20)19(15)12-14/h2-12H,13H2,1H3. The Morgan fingerprint density at radius 3 is 2.44 bits per heavy atom. The van der Waals surface area contributed by atoms with E-state index in [1.807, 2.05) is 6.07 Å². The monoisotopic (exact) mass is 320 g/mol. The van der Waals surface area contributed by atoms with Gasteiger partial charge in [0.05, 0.1) is 0 Å². The fraction of sp³-hybridized carbons (Fsp3) is 0.0833. The Balaban J connectivity index is 1.93. The summed E-state index contributed by atoms with van der Waals surface area (Å²) in [6.07, 6.45) is 0.985. The first kappa shape index (κ1) is 13.3. The van der Waals surface area contributed by atoms with Gasteiger partial charge in [0.1, 0.15) is 11.2 Å². The molecule has 0 amide bonds. The maximum Gasteiger partial charge on any atom is 0.144 e. The average molecular weight is 320 g/mol. The molecule has 0 unspecified atom stereocenters. The zero-order valence-electron chi connectivity index (χ0n) is 14.0. The highest BCUT2D eigenvalue weighted by Gasteiger charge is 2.27. The highest BCUT2D eigenvalue weighted by molar-refractivity contribution is 6.24. The van der Waals surface area contributed by atoms with E-state index in [-0.39, 0.29) is 0 Å². The molecule has 0 spiro atoms. The molecule has 0 bridgehead atoms. The molecule has 0 N–H and O–H groups in total. The first-order valence-corrected chi connectivity index (χ1v) is 8.76. The molecular formula is C24H16O. The minimum atomic E-state index is 0.970. The molecule has 0 saturated heterocycles. The van der Waals surface area contributed by atoms with Crippen LogP contribution >= 0.6 is 0 Å². The third kappa shape index (κ3) is 1.63. The zero-order valence-corrected chi connectivity index (χ0v) is 14.0. The zero-order chi connectivity index (χ0) is 16.5. The third-order valence-corrected chi connectivity index (χ3v) is 5.55. The first-order valence-electron chi connectivity index (χ1n) is 8.76. The Kier molecular flexibility index (Phi) is 2.39. The number of benzene rings is 4. The third-order valence-electron chi connectivity index (χ3n) is 5.55. The highest BCUT2D eigenvalue weighted by atomic mass is 16.3. The van der Waals surface area contributed by atoms with Crippen molar-refractivity contribution in [2.45, 2.75) is 13.3 Å². The van der Waals surface area contributed by atoms with E-state index in [0.29, 0.717) is 0 Å². The number of fused-ring (bicyclic) bond motifs is 10. The fourth-order valence-corrected chi connectivity index (χ4v) is 4.46. The minimum Gasteiger partial charge on any atom is -0.455 e. The molecule has 1 heterocycles. The van der Waals surface area contributed by atoms with Crippen molar-refractivity contribution in [3.8, 4) is 11.1 Å². The molecule has 1 nitrogen and oxygen atoms in total. The number of para-hydroxylation sites is 1. The second-order valence-corrected chi connectivity index (χ2v) is 7.04. The van der Waals surface area contributed by atoms with Crippen molar-refractivity contribution >= 4 is 32.7 Å². The molecule has 1 aromatic heterocycles. The van der Waals surface area contributed by atoms with Crippen LogP contribution in [0.1, 0.15) is 16.7 Å². The molecule has 0 fully saturated rings. The van der Waals surface area contributed by atoms with Gasteiger partial charge in [-0.05, 0) is 46.9 Å². The maximum atomic E-state index is 6.40. The molecule has 1 heteroatoms. The van der Waals surface area contributed by atoms with Crippen LogP contribution in [0.4, 0.5) is 0 Å². The van der Waals surface area contributed by atoms with Crippen LogP contribution in [0.2, 0.25) is 0 Å². The molecule has 4 aromatic carbocycles. The molecular weight excluding hydrogens is 304 g/mol. The van der Waals surface area contributed by atoms with Gasteiger partial charge in [-0.2, -0.15) is 0 Å². The van der Waals surface area contributed by atoms with Gasteiger partial charge in [-0.25, -0.2) is 0 Å². The van der Waals surface area contributed by atoms with Crippen LogP contribution in [-0.2, 0) is 6.42 Å². The van der Waals surface area contributed by atoms with Crippen molar-refractivity contribution in [2.75, 3.05) is 0 Å². The van der Waals surface area contributed by atoms with Crippen LogP contribution in [0.3, 0.4) is 0 Å². The molecule has 0 saturated carbocycles. The summed E-state index contributed by atoms with van der Waals surface area (Å²) < 4.78 is 6.40. The van der Waals surface area contributed by atoms with Crippen LogP contribution in [0, 0.1) is 6.92 Å². The predicted molar refractivity (Wildman–Crippen MR) is 104 cm³/mol. The van der Waals surface area contributed by atoms with Crippen LogP contribution in [0.15, 0.2) is 71.1 Å². The summed E-state index contributed by atoms with van der Waals surface area (Å²) in [5, 5.41) is 5.10. The van der Waals surface area contributed by atoms with Crippen LogP contribution in [-0.4, -0.2) is 0 Å².